The Labute approximate surface area is 278 Å². The first-order valence-corrected chi connectivity index (χ1v) is 17.2. The van der Waals surface area contributed by atoms with E-state index in [1.165, 1.54) is 49.9 Å². The average molecular weight is 616 g/mol. The molecule has 8 rings (SSSR count). The molecule has 0 aliphatic carbocycles. The first kappa shape index (κ1) is 29.3. The number of rotatable bonds is 7. The SMILES string of the molecule is C1=C(c2ccccc2)C(=Nc2[nH]c(-c3ccc(N4CCCCC4)cc3)cc2-c2ccccc2)N=C1c1ccc(N2CCCCC2)cc1. The fraction of sp³-hybridized carbons (Fsp3) is 0.238. The molecule has 234 valence electrons. The Morgan fingerprint density at radius 1 is 0.532 bits per heavy atom. The van der Waals surface area contributed by atoms with E-state index in [2.05, 4.69) is 136 Å². The number of hydrogen-bond acceptors (Lipinski definition) is 3. The van der Waals surface area contributed by atoms with Crippen molar-refractivity contribution in [2.45, 2.75) is 38.5 Å². The third kappa shape index (κ3) is 6.31. The predicted octanol–water partition coefficient (Wildman–Crippen LogP) is 9.95. The summed E-state index contributed by atoms with van der Waals surface area (Å²) in [5, 5.41) is 0. The summed E-state index contributed by atoms with van der Waals surface area (Å²) in [6.45, 7) is 4.56. The monoisotopic (exact) mass is 615 g/mol. The van der Waals surface area contributed by atoms with Gasteiger partial charge in [-0.25, -0.2) is 9.98 Å². The van der Waals surface area contributed by atoms with Crippen LogP contribution in [0.3, 0.4) is 0 Å². The summed E-state index contributed by atoms with van der Waals surface area (Å²) >= 11 is 0. The zero-order valence-corrected chi connectivity index (χ0v) is 26.9. The molecule has 4 aromatic carbocycles. The molecule has 0 unspecified atom stereocenters. The van der Waals surface area contributed by atoms with Crippen LogP contribution >= 0.6 is 0 Å². The minimum atomic E-state index is 0.720. The third-order valence-corrected chi connectivity index (χ3v) is 9.72. The van der Waals surface area contributed by atoms with E-state index >= 15 is 0 Å². The van der Waals surface area contributed by atoms with Gasteiger partial charge in [-0.05, 0) is 91.6 Å². The molecule has 5 nitrogen and oxygen atoms in total. The van der Waals surface area contributed by atoms with E-state index in [0.717, 1.165) is 82.6 Å². The van der Waals surface area contributed by atoms with E-state index in [-0.39, 0.29) is 0 Å². The molecular weight excluding hydrogens is 574 g/mol. The van der Waals surface area contributed by atoms with Crippen molar-refractivity contribution < 1.29 is 0 Å². The van der Waals surface area contributed by atoms with E-state index in [4.69, 9.17) is 9.98 Å². The van der Waals surface area contributed by atoms with Crippen LogP contribution in [0, 0.1) is 0 Å². The van der Waals surface area contributed by atoms with Gasteiger partial charge in [0.05, 0.1) is 5.71 Å². The van der Waals surface area contributed by atoms with Crippen molar-refractivity contribution in [1.29, 1.82) is 0 Å². The Kier molecular flexibility index (Phi) is 8.27. The van der Waals surface area contributed by atoms with Gasteiger partial charge in [-0.1, -0.05) is 84.9 Å². The third-order valence-electron chi connectivity index (χ3n) is 9.72. The minimum Gasteiger partial charge on any atom is -0.372 e. The van der Waals surface area contributed by atoms with Crippen molar-refractivity contribution in [2.75, 3.05) is 36.0 Å². The summed E-state index contributed by atoms with van der Waals surface area (Å²) in [5.41, 5.74) is 11.2. The quantitative estimate of drug-likeness (QED) is 0.198. The lowest BCUT2D eigenvalue weighted by Gasteiger charge is -2.28. The number of H-pyrrole nitrogens is 1. The zero-order valence-electron chi connectivity index (χ0n) is 26.9. The highest BCUT2D eigenvalue weighted by Gasteiger charge is 2.22. The number of amidine groups is 1. The lowest BCUT2D eigenvalue weighted by molar-refractivity contribution is 0.578. The van der Waals surface area contributed by atoms with Gasteiger partial charge in [0.25, 0.3) is 0 Å². The summed E-state index contributed by atoms with van der Waals surface area (Å²) in [4.78, 5) is 19.1. The second-order valence-corrected chi connectivity index (χ2v) is 12.9. The van der Waals surface area contributed by atoms with Crippen LogP contribution in [0.25, 0.3) is 28.0 Å². The van der Waals surface area contributed by atoms with Gasteiger partial charge in [0.1, 0.15) is 5.82 Å². The molecule has 0 spiro atoms. The Balaban J connectivity index is 1.17. The van der Waals surface area contributed by atoms with E-state index in [0.29, 0.717) is 0 Å². The Bertz CT molecular complexity index is 1900. The van der Waals surface area contributed by atoms with Crippen LogP contribution in [0.5, 0.6) is 0 Å². The van der Waals surface area contributed by atoms with Gasteiger partial charge in [-0.3, -0.25) is 0 Å². The van der Waals surface area contributed by atoms with Crippen molar-refractivity contribution in [3.8, 4) is 22.4 Å². The molecule has 0 bridgehead atoms. The van der Waals surface area contributed by atoms with Crippen molar-refractivity contribution in [3.63, 3.8) is 0 Å². The van der Waals surface area contributed by atoms with Crippen molar-refractivity contribution in [1.82, 2.24) is 4.98 Å². The number of benzene rings is 4. The maximum atomic E-state index is 5.28. The molecule has 47 heavy (non-hydrogen) atoms. The molecule has 2 saturated heterocycles. The number of nitrogens with zero attached hydrogens (tertiary/aromatic N) is 4. The van der Waals surface area contributed by atoms with E-state index in [9.17, 15) is 0 Å². The maximum absolute atomic E-state index is 5.28. The summed E-state index contributed by atoms with van der Waals surface area (Å²) < 4.78 is 0. The molecule has 1 aromatic heterocycles. The first-order chi connectivity index (χ1) is 23.3. The number of piperidine rings is 2. The maximum Gasteiger partial charge on any atom is 0.162 e. The second-order valence-electron chi connectivity index (χ2n) is 12.9. The number of aliphatic imine (C=N–C) groups is 2. The number of nitrogens with one attached hydrogen (secondary N) is 1. The highest BCUT2D eigenvalue weighted by atomic mass is 15.1. The lowest BCUT2D eigenvalue weighted by Crippen LogP contribution is -2.29. The molecule has 4 heterocycles. The smallest absolute Gasteiger partial charge is 0.162 e. The molecule has 0 amide bonds. The Hall–Kier alpha value is -5.16. The molecule has 3 aliphatic rings. The van der Waals surface area contributed by atoms with Crippen LogP contribution in [0.2, 0.25) is 0 Å². The van der Waals surface area contributed by atoms with Gasteiger partial charge in [0, 0.05) is 59.9 Å². The highest BCUT2D eigenvalue weighted by Crippen LogP contribution is 2.37. The number of allylic oxidation sites excluding steroid dienone is 1. The summed E-state index contributed by atoms with van der Waals surface area (Å²) in [6.07, 6.45) is 9.95. The molecule has 0 atom stereocenters. The lowest BCUT2D eigenvalue weighted by atomic mass is 10.0. The molecule has 1 N–H and O–H groups in total. The van der Waals surface area contributed by atoms with Crippen molar-refractivity contribution >= 4 is 34.3 Å². The van der Waals surface area contributed by atoms with Gasteiger partial charge >= 0.3 is 0 Å². The van der Waals surface area contributed by atoms with Gasteiger partial charge in [-0.2, -0.15) is 0 Å². The number of hydrogen-bond donors (Lipinski definition) is 1. The van der Waals surface area contributed by atoms with Crippen LogP contribution in [0.15, 0.2) is 131 Å². The Morgan fingerprint density at radius 2 is 1.06 bits per heavy atom. The minimum absolute atomic E-state index is 0.720. The van der Waals surface area contributed by atoms with Gasteiger partial charge < -0.3 is 14.8 Å². The summed E-state index contributed by atoms with van der Waals surface area (Å²) in [5.74, 6) is 1.53. The Morgan fingerprint density at radius 3 is 1.64 bits per heavy atom. The predicted molar refractivity (Wildman–Crippen MR) is 198 cm³/mol. The summed E-state index contributed by atoms with van der Waals surface area (Å²) in [6, 6.07) is 41.1. The molecule has 0 saturated carbocycles. The molecular formula is C42H41N5. The number of aromatic nitrogens is 1. The normalized spacial score (nSPS) is 17.6. The van der Waals surface area contributed by atoms with E-state index in [1.54, 1.807) is 0 Å². The average Bonchev–Trinajstić information content (AvgIpc) is 3.78. The van der Waals surface area contributed by atoms with Crippen LogP contribution < -0.4 is 9.80 Å². The molecule has 5 aromatic rings. The van der Waals surface area contributed by atoms with Gasteiger partial charge in [0.2, 0.25) is 0 Å². The number of anilines is 2. The van der Waals surface area contributed by atoms with Crippen LogP contribution in [0.4, 0.5) is 17.2 Å². The van der Waals surface area contributed by atoms with Crippen LogP contribution in [-0.4, -0.2) is 42.7 Å². The van der Waals surface area contributed by atoms with Crippen molar-refractivity contribution in [3.05, 3.63) is 132 Å². The molecule has 5 heteroatoms. The van der Waals surface area contributed by atoms with E-state index in [1.807, 2.05) is 0 Å². The second kappa shape index (κ2) is 13.3. The number of aromatic amines is 1. The van der Waals surface area contributed by atoms with Gasteiger partial charge in [0.15, 0.2) is 5.84 Å². The highest BCUT2D eigenvalue weighted by molar-refractivity contribution is 6.38. The standard InChI is InChI=1S/C42H41N5/c1-5-13-31(14-6-1)37-29-39(33-17-21-35(22-18-33)46-25-9-3-10-26-46)43-41(37)45-42-38(32-15-7-2-8-16-32)30-40(44-42)34-19-23-36(24-20-34)47-27-11-4-12-28-47/h1-2,5-8,13-24,29-30,43H,3-4,9-12,25-28H2. The molecule has 0 radical (unpaired) electrons. The van der Waals surface area contributed by atoms with Crippen LogP contribution in [-0.2, 0) is 0 Å². The van der Waals surface area contributed by atoms with Gasteiger partial charge in [-0.15, -0.1) is 0 Å². The van der Waals surface area contributed by atoms with Crippen LogP contribution in [0.1, 0.15) is 49.7 Å². The van der Waals surface area contributed by atoms with Crippen molar-refractivity contribution in [2.24, 2.45) is 9.98 Å². The zero-order chi connectivity index (χ0) is 31.4. The fourth-order valence-electron chi connectivity index (χ4n) is 7.10. The fourth-order valence-corrected chi connectivity index (χ4v) is 7.10. The first-order valence-electron chi connectivity index (χ1n) is 17.2. The molecule has 3 aliphatic heterocycles. The van der Waals surface area contributed by atoms with E-state index < -0.39 is 0 Å². The largest absolute Gasteiger partial charge is 0.372 e. The summed E-state index contributed by atoms with van der Waals surface area (Å²) in [7, 11) is 0. The molecule has 2 fully saturated rings. The topological polar surface area (TPSA) is 47.0 Å².